The number of tetrazole rings is 1. The largest absolute Gasteiger partial charge is 0.344 e. The van der Waals surface area contributed by atoms with Crippen LogP contribution < -0.4 is 5.32 Å². The van der Waals surface area contributed by atoms with Crippen LogP contribution in [0.3, 0.4) is 0 Å². The van der Waals surface area contributed by atoms with E-state index in [0.29, 0.717) is 0 Å². The fourth-order valence-electron chi connectivity index (χ4n) is 1.36. The molecule has 1 aromatic carbocycles. The first-order valence-corrected chi connectivity index (χ1v) is 5.02. The van der Waals surface area contributed by atoms with Crippen LogP contribution in [0, 0.1) is 15.9 Å². The number of nitrogens with one attached hydrogen (secondary N) is 2. The molecule has 9 nitrogen and oxygen atoms in total. The summed E-state index contributed by atoms with van der Waals surface area (Å²) in [7, 11) is 0. The number of carbonyl (C=O) groups excluding carboxylic acids is 1. The van der Waals surface area contributed by atoms with Gasteiger partial charge in [-0.2, -0.15) is 5.21 Å². The number of amides is 1. The van der Waals surface area contributed by atoms with E-state index in [0.717, 1.165) is 18.2 Å². The maximum Gasteiger partial charge on any atom is 0.282 e. The molecule has 0 bridgehead atoms. The number of nitro benzene ring substituents is 1. The van der Waals surface area contributed by atoms with Gasteiger partial charge in [-0.25, -0.2) is 4.39 Å². The SMILES string of the molecule is O=C(NCc1nn[nH]n1)c1cc(F)ccc1[N+](=O)[O-]. The van der Waals surface area contributed by atoms with Gasteiger partial charge in [0.2, 0.25) is 0 Å². The van der Waals surface area contributed by atoms with Crippen LogP contribution in [-0.2, 0) is 6.54 Å². The van der Waals surface area contributed by atoms with Gasteiger partial charge < -0.3 is 5.32 Å². The molecule has 2 rings (SSSR count). The van der Waals surface area contributed by atoms with Gasteiger partial charge in [-0.1, -0.05) is 5.21 Å². The number of hydrogen-bond donors (Lipinski definition) is 2. The summed E-state index contributed by atoms with van der Waals surface area (Å²) in [5, 5.41) is 25.7. The molecule has 10 heteroatoms. The quantitative estimate of drug-likeness (QED) is 0.600. The minimum atomic E-state index is -0.795. The van der Waals surface area contributed by atoms with Gasteiger partial charge in [-0.05, 0) is 12.1 Å². The summed E-state index contributed by atoms with van der Waals surface area (Å²) in [4.78, 5) is 21.7. The Hall–Kier alpha value is -2.91. The van der Waals surface area contributed by atoms with Crippen molar-refractivity contribution in [3.63, 3.8) is 0 Å². The van der Waals surface area contributed by atoms with Crippen LogP contribution in [0.5, 0.6) is 0 Å². The lowest BCUT2D eigenvalue weighted by molar-refractivity contribution is -0.385. The average molecular weight is 266 g/mol. The van der Waals surface area contributed by atoms with Gasteiger partial charge >= 0.3 is 0 Å². The average Bonchev–Trinajstić information content (AvgIpc) is 2.88. The highest BCUT2D eigenvalue weighted by Crippen LogP contribution is 2.19. The standard InChI is InChI=1S/C9H7FN6O3/c10-5-1-2-7(16(18)19)6(3-5)9(17)11-4-8-12-14-15-13-8/h1-3H,4H2,(H,11,17)(H,12,13,14,15). The van der Waals surface area contributed by atoms with Crippen LogP contribution in [-0.4, -0.2) is 31.5 Å². The van der Waals surface area contributed by atoms with Gasteiger partial charge in [0.05, 0.1) is 11.5 Å². The van der Waals surface area contributed by atoms with Gasteiger partial charge in [0.1, 0.15) is 11.4 Å². The van der Waals surface area contributed by atoms with Crippen molar-refractivity contribution in [1.29, 1.82) is 0 Å². The van der Waals surface area contributed by atoms with Crippen LogP contribution >= 0.6 is 0 Å². The minimum absolute atomic E-state index is 0.0804. The van der Waals surface area contributed by atoms with E-state index in [1.807, 2.05) is 0 Å². The van der Waals surface area contributed by atoms with Crippen LogP contribution in [0.25, 0.3) is 0 Å². The predicted octanol–water partition coefficient (Wildman–Crippen LogP) is 0.177. The normalized spacial score (nSPS) is 10.2. The molecule has 19 heavy (non-hydrogen) atoms. The van der Waals surface area contributed by atoms with E-state index in [1.165, 1.54) is 0 Å². The Morgan fingerprint density at radius 1 is 1.53 bits per heavy atom. The number of carbonyl (C=O) groups is 1. The number of H-pyrrole nitrogens is 1. The van der Waals surface area contributed by atoms with Gasteiger partial charge in [0, 0.05) is 6.07 Å². The minimum Gasteiger partial charge on any atom is -0.344 e. The van der Waals surface area contributed by atoms with E-state index < -0.39 is 22.3 Å². The van der Waals surface area contributed by atoms with Crippen molar-refractivity contribution in [1.82, 2.24) is 25.9 Å². The van der Waals surface area contributed by atoms with E-state index in [9.17, 15) is 19.3 Å². The van der Waals surface area contributed by atoms with Crippen LogP contribution in [0.4, 0.5) is 10.1 Å². The fourth-order valence-corrected chi connectivity index (χ4v) is 1.36. The molecular weight excluding hydrogens is 259 g/mol. The fraction of sp³-hybridized carbons (Fsp3) is 0.111. The van der Waals surface area contributed by atoms with Gasteiger partial charge in [-0.3, -0.25) is 14.9 Å². The molecule has 1 aromatic heterocycles. The third-order valence-corrected chi connectivity index (χ3v) is 2.20. The second kappa shape index (κ2) is 5.16. The number of hydrogen-bond acceptors (Lipinski definition) is 6. The summed E-state index contributed by atoms with van der Waals surface area (Å²) in [5.41, 5.74) is -0.847. The Balaban J connectivity index is 2.18. The van der Waals surface area contributed by atoms with Crippen molar-refractivity contribution < 1.29 is 14.1 Å². The summed E-state index contributed by atoms with van der Waals surface area (Å²) in [6.45, 7) is -0.0804. The molecule has 0 radical (unpaired) electrons. The van der Waals surface area contributed by atoms with E-state index >= 15 is 0 Å². The van der Waals surface area contributed by atoms with Crippen molar-refractivity contribution in [2.75, 3.05) is 0 Å². The summed E-state index contributed by atoms with van der Waals surface area (Å²) in [6.07, 6.45) is 0. The number of halogens is 1. The smallest absolute Gasteiger partial charge is 0.282 e. The number of nitrogens with zero attached hydrogens (tertiary/aromatic N) is 4. The molecule has 98 valence electrons. The molecule has 0 fully saturated rings. The van der Waals surface area contributed by atoms with Crippen molar-refractivity contribution in [2.24, 2.45) is 0 Å². The molecule has 0 saturated carbocycles. The summed E-state index contributed by atoms with van der Waals surface area (Å²) in [5.74, 6) is -1.33. The lowest BCUT2D eigenvalue weighted by Crippen LogP contribution is -2.24. The lowest BCUT2D eigenvalue weighted by Gasteiger charge is -2.03. The molecule has 0 spiro atoms. The first-order valence-electron chi connectivity index (χ1n) is 5.02. The van der Waals surface area contributed by atoms with Crippen LogP contribution in [0.1, 0.15) is 16.2 Å². The number of rotatable bonds is 4. The highest BCUT2D eigenvalue weighted by atomic mass is 19.1. The zero-order chi connectivity index (χ0) is 13.8. The van der Waals surface area contributed by atoms with Crippen molar-refractivity contribution in [3.8, 4) is 0 Å². The Morgan fingerprint density at radius 2 is 2.32 bits per heavy atom. The van der Waals surface area contributed by atoms with Gasteiger partial charge in [0.15, 0.2) is 5.82 Å². The van der Waals surface area contributed by atoms with Crippen molar-refractivity contribution in [3.05, 3.63) is 45.5 Å². The lowest BCUT2D eigenvalue weighted by atomic mass is 10.1. The van der Waals surface area contributed by atoms with Crippen molar-refractivity contribution in [2.45, 2.75) is 6.54 Å². The van der Waals surface area contributed by atoms with Crippen LogP contribution in [0.2, 0.25) is 0 Å². The molecule has 0 aliphatic rings. The number of aromatic amines is 1. The predicted molar refractivity (Wildman–Crippen MR) is 58.4 cm³/mol. The molecule has 2 N–H and O–H groups in total. The van der Waals surface area contributed by atoms with Gasteiger partial charge in [-0.15, -0.1) is 10.2 Å². The molecule has 0 unspecified atom stereocenters. The third-order valence-electron chi connectivity index (χ3n) is 2.20. The summed E-state index contributed by atoms with van der Waals surface area (Å²) >= 11 is 0. The molecule has 0 saturated heterocycles. The molecule has 0 aliphatic heterocycles. The number of nitro groups is 1. The zero-order valence-corrected chi connectivity index (χ0v) is 9.33. The second-order valence-corrected chi connectivity index (χ2v) is 3.43. The third kappa shape index (κ3) is 2.86. The molecule has 1 heterocycles. The maximum absolute atomic E-state index is 13.0. The second-order valence-electron chi connectivity index (χ2n) is 3.43. The number of benzene rings is 1. The van der Waals surface area contributed by atoms with E-state index in [2.05, 4.69) is 25.9 Å². The molecule has 1 amide bonds. The highest BCUT2D eigenvalue weighted by Gasteiger charge is 2.20. The monoisotopic (exact) mass is 266 g/mol. The molecular formula is C9H7FN6O3. The zero-order valence-electron chi connectivity index (χ0n) is 9.33. The van der Waals surface area contributed by atoms with E-state index in [1.54, 1.807) is 0 Å². The maximum atomic E-state index is 13.0. The van der Waals surface area contributed by atoms with E-state index in [-0.39, 0.29) is 17.9 Å². The Bertz CT molecular complexity index is 614. The summed E-state index contributed by atoms with van der Waals surface area (Å²) < 4.78 is 13.0. The Kier molecular flexibility index (Phi) is 3.41. The summed E-state index contributed by atoms with van der Waals surface area (Å²) in [6, 6.07) is 2.64. The van der Waals surface area contributed by atoms with Crippen molar-refractivity contribution >= 4 is 11.6 Å². The van der Waals surface area contributed by atoms with E-state index in [4.69, 9.17) is 0 Å². The Labute approximate surface area is 105 Å². The highest BCUT2D eigenvalue weighted by molar-refractivity contribution is 5.98. The van der Waals surface area contributed by atoms with Gasteiger partial charge in [0.25, 0.3) is 11.6 Å². The topological polar surface area (TPSA) is 127 Å². The molecule has 0 atom stereocenters. The molecule has 2 aromatic rings. The first-order chi connectivity index (χ1) is 9.08. The molecule has 0 aliphatic carbocycles. The Morgan fingerprint density at radius 3 is 2.95 bits per heavy atom. The number of aromatic nitrogens is 4. The van der Waals surface area contributed by atoms with Crippen LogP contribution in [0.15, 0.2) is 18.2 Å². The first kappa shape index (κ1) is 12.5.